The van der Waals surface area contributed by atoms with E-state index < -0.39 is 5.60 Å². The lowest BCUT2D eigenvalue weighted by atomic mass is 10.2. The predicted molar refractivity (Wildman–Crippen MR) is 82.7 cm³/mol. The highest BCUT2D eigenvalue weighted by molar-refractivity contribution is 7.12. The molecule has 2 rings (SSSR count). The van der Waals surface area contributed by atoms with Gasteiger partial charge >= 0.3 is 6.09 Å². The lowest BCUT2D eigenvalue weighted by Gasteiger charge is -2.24. The van der Waals surface area contributed by atoms with Gasteiger partial charge in [-0.3, -0.25) is 4.79 Å². The van der Waals surface area contributed by atoms with Crippen LogP contribution in [0.2, 0.25) is 0 Å². The summed E-state index contributed by atoms with van der Waals surface area (Å²) >= 11 is 1.44. The van der Waals surface area contributed by atoms with Gasteiger partial charge in [-0.25, -0.2) is 4.79 Å². The van der Waals surface area contributed by atoms with Crippen molar-refractivity contribution in [3.63, 3.8) is 0 Å². The van der Waals surface area contributed by atoms with Crippen molar-refractivity contribution in [2.24, 2.45) is 0 Å². The van der Waals surface area contributed by atoms with Crippen LogP contribution in [-0.2, 0) is 4.74 Å². The van der Waals surface area contributed by atoms with Crippen molar-refractivity contribution < 1.29 is 14.3 Å². The first-order valence-corrected chi connectivity index (χ1v) is 7.97. The first-order chi connectivity index (χ1) is 9.76. The molecule has 1 fully saturated rings. The maximum Gasteiger partial charge on any atom is 0.410 e. The monoisotopic (exact) mass is 310 g/mol. The van der Waals surface area contributed by atoms with Crippen LogP contribution in [0.3, 0.4) is 0 Å². The average molecular weight is 310 g/mol. The molecule has 2 amide bonds. The predicted octanol–water partition coefficient (Wildman–Crippen LogP) is 2.80. The van der Waals surface area contributed by atoms with Crippen LogP contribution >= 0.6 is 11.3 Å². The fourth-order valence-electron chi connectivity index (χ4n) is 2.23. The molecule has 6 heteroatoms. The fourth-order valence-corrected chi connectivity index (χ4v) is 3.05. The van der Waals surface area contributed by atoms with Crippen LogP contribution in [0.15, 0.2) is 11.4 Å². The Bertz CT molecular complexity index is 533. The van der Waals surface area contributed by atoms with E-state index in [0.29, 0.717) is 13.1 Å². The second-order valence-corrected chi connectivity index (χ2v) is 7.23. The van der Waals surface area contributed by atoms with E-state index in [4.69, 9.17) is 4.74 Å². The Morgan fingerprint density at radius 3 is 2.71 bits per heavy atom. The van der Waals surface area contributed by atoms with Crippen molar-refractivity contribution in [2.75, 3.05) is 13.1 Å². The van der Waals surface area contributed by atoms with Gasteiger partial charge < -0.3 is 15.0 Å². The summed E-state index contributed by atoms with van der Waals surface area (Å²) in [5.74, 6) is -0.0569. The molecule has 1 atom stereocenters. The summed E-state index contributed by atoms with van der Waals surface area (Å²) in [5.41, 5.74) is 0.492. The topological polar surface area (TPSA) is 58.6 Å². The summed E-state index contributed by atoms with van der Waals surface area (Å²) in [7, 11) is 0. The molecule has 21 heavy (non-hydrogen) atoms. The third-order valence-electron chi connectivity index (χ3n) is 3.24. The maximum absolute atomic E-state index is 12.2. The number of hydrogen-bond donors (Lipinski definition) is 1. The highest BCUT2D eigenvalue weighted by atomic mass is 32.1. The van der Waals surface area contributed by atoms with Crippen LogP contribution in [0.5, 0.6) is 0 Å². The molecule has 1 aromatic heterocycles. The summed E-state index contributed by atoms with van der Waals surface area (Å²) in [6.45, 7) is 8.58. The summed E-state index contributed by atoms with van der Waals surface area (Å²) in [5, 5.41) is 4.90. The van der Waals surface area contributed by atoms with Gasteiger partial charge in [0, 0.05) is 19.1 Å². The number of ether oxygens (including phenoxy) is 1. The van der Waals surface area contributed by atoms with Gasteiger partial charge in [0.1, 0.15) is 5.60 Å². The Morgan fingerprint density at radius 1 is 1.43 bits per heavy atom. The molecule has 1 saturated heterocycles. The largest absolute Gasteiger partial charge is 0.444 e. The molecule has 1 aliphatic rings. The highest BCUT2D eigenvalue weighted by Gasteiger charge is 2.30. The third kappa shape index (κ3) is 4.20. The van der Waals surface area contributed by atoms with Gasteiger partial charge in [0.2, 0.25) is 0 Å². The first-order valence-electron chi connectivity index (χ1n) is 7.09. The Labute approximate surface area is 129 Å². The molecule has 2 heterocycles. The molecular formula is C15H22N2O3S. The van der Waals surface area contributed by atoms with Crippen molar-refractivity contribution in [1.29, 1.82) is 0 Å². The average Bonchev–Trinajstić information content (AvgIpc) is 2.95. The van der Waals surface area contributed by atoms with E-state index in [0.717, 1.165) is 16.9 Å². The molecular weight excluding hydrogens is 288 g/mol. The Kier molecular flexibility index (Phi) is 4.56. The van der Waals surface area contributed by atoms with Crippen molar-refractivity contribution in [3.8, 4) is 0 Å². The molecule has 0 aromatic carbocycles. The molecule has 0 radical (unpaired) electrons. The van der Waals surface area contributed by atoms with Gasteiger partial charge in [-0.2, -0.15) is 0 Å². The number of carbonyl (C=O) groups is 2. The first kappa shape index (κ1) is 15.8. The second-order valence-electron chi connectivity index (χ2n) is 6.32. The Morgan fingerprint density at radius 2 is 2.14 bits per heavy atom. The van der Waals surface area contributed by atoms with E-state index in [1.807, 2.05) is 39.1 Å². The molecule has 0 unspecified atom stereocenters. The Balaban J connectivity index is 1.87. The molecule has 5 nitrogen and oxygen atoms in total. The number of nitrogens with one attached hydrogen (secondary N) is 1. The van der Waals surface area contributed by atoms with E-state index in [2.05, 4.69) is 5.32 Å². The fraction of sp³-hybridized carbons (Fsp3) is 0.600. The SMILES string of the molecule is Cc1ccsc1C(=O)N[C@@H]1CCN(C(=O)OC(C)(C)C)C1. The number of likely N-dealkylation sites (tertiary alicyclic amines) is 1. The van der Waals surface area contributed by atoms with Crippen LogP contribution in [0.25, 0.3) is 0 Å². The van der Waals surface area contributed by atoms with Gasteiger partial charge in [-0.1, -0.05) is 0 Å². The van der Waals surface area contributed by atoms with Gasteiger partial charge in [-0.05, 0) is 51.1 Å². The third-order valence-corrected chi connectivity index (χ3v) is 4.26. The van der Waals surface area contributed by atoms with Crippen LogP contribution in [0.1, 0.15) is 42.4 Å². The minimum absolute atomic E-state index is 0.00785. The number of amides is 2. The maximum atomic E-state index is 12.2. The van der Waals surface area contributed by atoms with E-state index >= 15 is 0 Å². The molecule has 116 valence electrons. The smallest absolute Gasteiger partial charge is 0.410 e. The van der Waals surface area contributed by atoms with Gasteiger partial charge in [0.05, 0.1) is 4.88 Å². The zero-order valence-electron chi connectivity index (χ0n) is 12.9. The summed E-state index contributed by atoms with van der Waals surface area (Å²) in [6.07, 6.45) is 0.446. The van der Waals surface area contributed by atoms with Crippen LogP contribution < -0.4 is 5.32 Å². The van der Waals surface area contributed by atoms with E-state index in [1.165, 1.54) is 11.3 Å². The minimum atomic E-state index is -0.494. The molecule has 0 bridgehead atoms. The van der Waals surface area contributed by atoms with Crippen LogP contribution in [0.4, 0.5) is 4.79 Å². The standard InChI is InChI=1S/C15H22N2O3S/c1-10-6-8-21-12(10)13(18)16-11-5-7-17(9-11)14(19)20-15(2,3)4/h6,8,11H,5,7,9H2,1-4H3,(H,16,18)/t11-/m1/s1. The number of hydrogen-bond acceptors (Lipinski definition) is 4. The zero-order chi connectivity index (χ0) is 15.6. The number of nitrogens with zero attached hydrogens (tertiary/aromatic N) is 1. The number of aryl methyl sites for hydroxylation is 1. The van der Waals surface area contributed by atoms with Crippen LogP contribution in [-0.4, -0.2) is 41.6 Å². The molecule has 1 aliphatic heterocycles. The van der Waals surface area contributed by atoms with Crippen molar-refractivity contribution >= 4 is 23.3 Å². The number of carbonyl (C=O) groups excluding carboxylic acids is 2. The van der Waals surface area contributed by atoms with Crippen molar-refractivity contribution in [3.05, 3.63) is 21.9 Å². The van der Waals surface area contributed by atoms with E-state index in [-0.39, 0.29) is 18.0 Å². The van der Waals surface area contributed by atoms with Crippen LogP contribution in [0, 0.1) is 6.92 Å². The van der Waals surface area contributed by atoms with E-state index in [1.54, 1.807) is 4.90 Å². The van der Waals surface area contributed by atoms with Crippen molar-refractivity contribution in [2.45, 2.75) is 45.8 Å². The number of rotatable bonds is 2. The molecule has 1 aromatic rings. The lowest BCUT2D eigenvalue weighted by Crippen LogP contribution is -2.40. The second kappa shape index (κ2) is 6.05. The molecule has 0 aliphatic carbocycles. The highest BCUT2D eigenvalue weighted by Crippen LogP contribution is 2.18. The minimum Gasteiger partial charge on any atom is -0.444 e. The summed E-state index contributed by atoms with van der Waals surface area (Å²) < 4.78 is 5.34. The molecule has 0 saturated carbocycles. The Hall–Kier alpha value is -1.56. The van der Waals surface area contributed by atoms with Gasteiger partial charge in [0.15, 0.2) is 0 Å². The molecule has 1 N–H and O–H groups in total. The quantitative estimate of drug-likeness (QED) is 0.914. The normalized spacial score (nSPS) is 18.7. The lowest BCUT2D eigenvalue weighted by molar-refractivity contribution is 0.0290. The molecule has 0 spiro atoms. The van der Waals surface area contributed by atoms with Gasteiger partial charge in [0.25, 0.3) is 5.91 Å². The summed E-state index contributed by atoms with van der Waals surface area (Å²) in [6, 6.07) is 1.92. The number of thiophene rings is 1. The van der Waals surface area contributed by atoms with Crippen molar-refractivity contribution in [1.82, 2.24) is 10.2 Å². The summed E-state index contributed by atoms with van der Waals surface area (Å²) in [4.78, 5) is 26.5. The van der Waals surface area contributed by atoms with E-state index in [9.17, 15) is 9.59 Å². The zero-order valence-corrected chi connectivity index (χ0v) is 13.8. The van der Waals surface area contributed by atoms with Gasteiger partial charge in [-0.15, -0.1) is 11.3 Å².